The molecule has 4 rings (SSSR count). The van der Waals surface area contributed by atoms with Crippen molar-refractivity contribution in [2.45, 2.75) is 18.9 Å². The van der Waals surface area contributed by atoms with Gasteiger partial charge in [-0.15, -0.1) is 0 Å². The van der Waals surface area contributed by atoms with Crippen molar-refractivity contribution in [3.05, 3.63) is 80.9 Å². The van der Waals surface area contributed by atoms with Gasteiger partial charge in [-0.2, -0.15) is 0 Å². The minimum Gasteiger partial charge on any atom is -0.383 e. The number of ether oxygens (including phenoxy) is 1. The van der Waals surface area contributed by atoms with E-state index in [0.29, 0.717) is 43.3 Å². The zero-order valence-electron chi connectivity index (χ0n) is 19.0. The first-order valence-corrected chi connectivity index (χ1v) is 11.4. The highest BCUT2D eigenvalue weighted by atomic mass is 35.5. The lowest BCUT2D eigenvalue weighted by Crippen LogP contribution is -2.42. The van der Waals surface area contributed by atoms with Crippen molar-refractivity contribution in [1.82, 2.24) is 20.0 Å². The van der Waals surface area contributed by atoms with E-state index in [4.69, 9.17) is 16.3 Å². The van der Waals surface area contributed by atoms with Crippen LogP contribution in [0.5, 0.6) is 0 Å². The number of nitrogens with zero attached hydrogens (tertiary/aromatic N) is 2. The third-order valence-corrected chi connectivity index (χ3v) is 6.38. The molecule has 0 radical (unpaired) electrons. The summed E-state index contributed by atoms with van der Waals surface area (Å²) in [5, 5.41) is 8.64. The largest absolute Gasteiger partial charge is 0.383 e. The number of carbonyl (C=O) groups is 1. The maximum absolute atomic E-state index is 14.2. The van der Waals surface area contributed by atoms with E-state index in [1.54, 1.807) is 24.8 Å². The topological polar surface area (TPSA) is 91.4 Å². The molecule has 1 aromatic heterocycles. The summed E-state index contributed by atoms with van der Waals surface area (Å²) in [6.07, 6.45) is 0. The number of methoxy groups -OCH3 is 1. The van der Waals surface area contributed by atoms with Crippen LogP contribution in [0.1, 0.15) is 17.0 Å². The standard InChI is InChI=1S/C24H27ClFN5O3/c1-15-22(31(29-23(15)32)17-6-4-3-5-7-17)28-24(33)27-21-14-30(10-11-34-2)13-18(21)16-8-9-19(25)20(26)12-16/h3-9,12,18,21H,10-11,13-14H2,1-2H3,(H,29,32)(H2,27,28,33)/t18-,21?/m0/s1. The number of hydrogen-bond acceptors (Lipinski definition) is 4. The summed E-state index contributed by atoms with van der Waals surface area (Å²) in [5.74, 6) is -0.275. The number of urea groups is 1. The van der Waals surface area contributed by atoms with Crippen LogP contribution in [0, 0.1) is 12.7 Å². The van der Waals surface area contributed by atoms with Crippen molar-refractivity contribution >= 4 is 23.4 Å². The van der Waals surface area contributed by atoms with Crippen LogP contribution < -0.4 is 16.2 Å². The second kappa shape index (κ2) is 10.4. The number of hydrogen-bond donors (Lipinski definition) is 3. The van der Waals surface area contributed by atoms with E-state index in [-0.39, 0.29) is 22.5 Å². The molecule has 34 heavy (non-hydrogen) atoms. The Labute approximate surface area is 201 Å². The second-order valence-electron chi connectivity index (χ2n) is 8.32. The zero-order chi connectivity index (χ0) is 24.2. The molecule has 180 valence electrons. The van der Waals surface area contributed by atoms with Crippen LogP contribution in [0.15, 0.2) is 53.3 Å². The number of amides is 2. The molecule has 0 aliphatic carbocycles. The summed E-state index contributed by atoms with van der Waals surface area (Å²) < 4.78 is 20.9. The summed E-state index contributed by atoms with van der Waals surface area (Å²) in [6, 6.07) is 13.2. The third-order valence-electron chi connectivity index (χ3n) is 6.07. The van der Waals surface area contributed by atoms with Crippen molar-refractivity contribution in [3.63, 3.8) is 0 Å². The molecule has 2 aromatic carbocycles. The van der Waals surface area contributed by atoms with Gasteiger partial charge in [0, 0.05) is 32.7 Å². The van der Waals surface area contributed by atoms with Crippen molar-refractivity contribution in [2.75, 3.05) is 38.7 Å². The fourth-order valence-electron chi connectivity index (χ4n) is 4.26. The quantitative estimate of drug-likeness (QED) is 0.475. The van der Waals surface area contributed by atoms with Gasteiger partial charge in [0.1, 0.15) is 11.6 Å². The van der Waals surface area contributed by atoms with Gasteiger partial charge in [0.2, 0.25) is 0 Å². The maximum Gasteiger partial charge on any atom is 0.320 e. The number of carbonyl (C=O) groups excluding carboxylic acids is 1. The van der Waals surface area contributed by atoms with Crippen LogP contribution in [-0.2, 0) is 4.74 Å². The van der Waals surface area contributed by atoms with Crippen molar-refractivity contribution in [2.24, 2.45) is 0 Å². The Bertz CT molecular complexity index is 1210. The molecule has 10 heteroatoms. The van der Waals surface area contributed by atoms with Gasteiger partial charge in [-0.25, -0.2) is 13.9 Å². The molecule has 2 atom stereocenters. The van der Waals surface area contributed by atoms with Crippen molar-refractivity contribution in [1.29, 1.82) is 0 Å². The number of H-pyrrole nitrogens is 1. The van der Waals surface area contributed by atoms with Gasteiger partial charge < -0.3 is 10.1 Å². The monoisotopic (exact) mass is 487 g/mol. The maximum atomic E-state index is 14.2. The fraction of sp³-hybridized carbons (Fsp3) is 0.333. The minimum absolute atomic E-state index is 0.0575. The lowest BCUT2D eigenvalue weighted by Gasteiger charge is -2.21. The molecule has 0 bridgehead atoms. The highest BCUT2D eigenvalue weighted by Gasteiger charge is 2.35. The van der Waals surface area contributed by atoms with Gasteiger partial charge in [-0.3, -0.25) is 20.1 Å². The van der Waals surface area contributed by atoms with Gasteiger partial charge in [-0.05, 0) is 36.8 Å². The van der Waals surface area contributed by atoms with E-state index in [2.05, 4.69) is 20.6 Å². The average Bonchev–Trinajstić information content (AvgIpc) is 3.35. The van der Waals surface area contributed by atoms with Crippen LogP contribution in [0.25, 0.3) is 5.69 Å². The van der Waals surface area contributed by atoms with Gasteiger partial charge in [0.15, 0.2) is 0 Å². The van der Waals surface area contributed by atoms with Crippen LogP contribution in [0.3, 0.4) is 0 Å². The number of anilines is 1. The number of halogens is 2. The normalized spacial score (nSPS) is 18.2. The smallest absolute Gasteiger partial charge is 0.320 e. The Kier molecular flexibility index (Phi) is 7.35. The lowest BCUT2D eigenvalue weighted by atomic mass is 9.94. The first kappa shape index (κ1) is 24.0. The Morgan fingerprint density at radius 3 is 2.71 bits per heavy atom. The lowest BCUT2D eigenvalue weighted by molar-refractivity contribution is 0.159. The van der Waals surface area contributed by atoms with Gasteiger partial charge in [0.25, 0.3) is 5.56 Å². The van der Waals surface area contributed by atoms with Crippen molar-refractivity contribution in [3.8, 4) is 5.69 Å². The number of aromatic nitrogens is 2. The predicted octanol–water partition coefficient (Wildman–Crippen LogP) is 3.50. The van der Waals surface area contributed by atoms with Crippen LogP contribution in [0.2, 0.25) is 5.02 Å². The van der Waals surface area contributed by atoms with Crippen LogP contribution in [0.4, 0.5) is 15.0 Å². The molecule has 0 spiro atoms. The summed E-state index contributed by atoms with van der Waals surface area (Å²) in [4.78, 5) is 27.5. The Morgan fingerprint density at radius 2 is 2.00 bits per heavy atom. The molecular formula is C24H27ClFN5O3. The second-order valence-corrected chi connectivity index (χ2v) is 8.73. The number of nitrogens with one attached hydrogen (secondary N) is 3. The van der Waals surface area contributed by atoms with E-state index in [1.165, 1.54) is 12.1 Å². The molecule has 0 saturated carbocycles. The molecule has 1 aliphatic rings. The van der Waals surface area contributed by atoms with Gasteiger partial charge >= 0.3 is 6.03 Å². The van der Waals surface area contributed by atoms with Crippen LogP contribution in [-0.4, -0.2) is 60.1 Å². The zero-order valence-corrected chi connectivity index (χ0v) is 19.7. The number of para-hydroxylation sites is 1. The van der Waals surface area contributed by atoms with Crippen LogP contribution >= 0.6 is 11.6 Å². The molecule has 1 aliphatic heterocycles. The van der Waals surface area contributed by atoms with Crippen molar-refractivity contribution < 1.29 is 13.9 Å². The molecule has 8 nitrogen and oxygen atoms in total. The molecule has 1 fully saturated rings. The highest BCUT2D eigenvalue weighted by molar-refractivity contribution is 6.30. The highest BCUT2D eigenvalue weighted by Crippen LogP contribution is 2.30. The molecule has 1 saturated heterocycles. The third kappa shape index (κ3) is 5.16. The first-order chi connectivity index (χ1) is 16.4. The summed E-state index contributed by atoms with van der Waals surface area (Å²) in [5.41, 5.74) is 1.57. The predicted molar refractivity (Wildman–Crippen MR) is 130 cm³/mol. The number of aromatic amines is 1. The van der Waals surface area contributed by atoms with E-state index < -0.39 is 11.8 Å². The fourth-order valence-corrected chi connectivity index (χ4v) is 4.38. The molecular weight excluding hydrogens is 461 g/mol. The van der Waals surface area contributed by atoms with Gasteiger partial charge in [-0.1, -0.05) is 35.9 Å². The average molecular weight is 488 g/mol. The van der Waals surface area contributed by atoms with Gasteiger partial charge in [0.05, 0.1) is 28.9 Å². The Morgan fingerprint density at radius 1 is 1.24 bits per heavy atom. The molecule has 1 unspecified atom stereocenters. The Balaban J connectivity index is 1.55. The molecule has 2 amide bonds. The van der Waals surface area contributed by atoms with E-state index in [0.717, 1.165) is 5.56 Å². The Hall–Kier alpha value is -3.14. The summed E-state index contributed by atoms with van der Waals surface area (Å²) in [6.45, 7) is 4.09. The minimum atomic E-state index is -0.493. The van der Waals surface area contributed by atoms with E-state index in [9.17, 15) is 14.0 Å². The summed E-state index contributed by atoms with van der Waals surface area (Å²) >= 11 is 5.87. The molecule has 2 heterocycles. The van der Waals surface area contributed by atoms with E-state index >= 15 is 0 Å². The number of rotatable bonds is 7. The summed E-state index contributed by atoms with van der Waals surface area (Å²) in [7, 11) is 1.64. The number of benzene rings is 2. The first-order valence-electron chi connectivity index (χ1n) is 11.0. The number of likely N-dealkylation sites (tertiary alicyclic amines) is 1. The molecule has 3 aromatic rings. The van der Waals surface area contributed by atoms with E-state index in [1.807, 2.05) is 30.3 Å². The molecule has 3 N–H and O–H groups in total. The SMILES string of the molecule is COCCN1CC(NC(=O)Nc2c(C)c(=O)[nH]n2-c2ccccc2)[C@H](c2ccc(Cl)c(F)c2)C1.